The third-order valence-electron chi connectivity index (χ3n) is 5.46. The van der Waals surface area contributed by atoms with Crippen LogP contribution in [-0.4, -0.2) is 56.5 Å². The van der Waals surface area contributed by atoms with Gasteiger partial charge in [-0.05, 0) is 56.0 Å². The van der Waals surface area contributed by atoms with E-state index in [9.17, 15) is 14.4 Å². The van der Waals surface area contributed by atoms with E-state index in [-0.39, 0.29) is 0 Å². The normalized spacial score (nSPS) is 19.8. The molecule has 24 heavy (non-hydrogen) atoms. The van der Waals surface area contributed by atoms with Gasteiger partial charge in [-0.25, -0.2) is 0 Å². The summed E-state index contributed by atoms with van der Waals surface area (Å²) in [4.78, 5) is 37.1. The van der Waals surface area contributed by atoms with Crippen molar-refractivity contribution in [2.45, 2.75) is 19.3 Å². The summed E-state index contributed by atoms with van der Waals surface area (Å²) in [6.45, 7) is 5.14. The Morgan fingerprint density at radius 3 is 2.29 bits per heavy atom. The third-order valence-corrected chi connectivity index (χ3v) is 5.46. The molecule has 3 rings (SSSR count). The molecule has 5 nitrogen and oxygen atoms in total. The van der Waals surface area contributed by atoms with Gasteiger partial charge < -0.3 is 14.6 Å². The first-order chi connectivity index (χ1) is 11.7. The largest absolute Gasteiger partial charge is 0.371 e. The van der Waals surface area contributed by atoms with Gasteiger partial charge >= 0.3 is 0 Å². The molecule has 1 aromatic rings. The van der Waals surface area contributed by atoms with Crippen LogP contribution in [0, 0.1) is 11.8 Å². The van der Waals surface area contributed by atoms with E-state index in [1.165, 1.54) is 12.8 Å². The number of nitrogens with zero attached hydrogens (tertiary/aromatic N) is 2. The second kappa shape index (κ2) is 7.71. The number of likely N-dealkylation sites (tertiary alicyclic amines) is 1. The number of hydrogen-bond donors (Lipinski definition) is 0. The van der Waals surface area contributed by atoms with Gasteiger partial charge in [0, 0.05) is 42.9 Å². The molecule has 1 aromatic carbocycles. The summed E-state index contributed by atoms with van der Waals surface area (Å²) >= 11 is 0. The van der Waals surface area contributed by atoms with Gasteiger partial charge in [-0.15, -0.1) is 0 Å². The van der Waals surface area contributed by atoms with Crippen molar-refractivity contribution in [3.63, 3.8) is 0 Å². The van der Waals surface area contributed by atoms with Crippen LogP contribution < -0.4 is 4.90 Å². The Kier molecular flexibility index (Phi) is 5.41. The third kappa shape index (κ3) is 3.56. The highest BCUT2D eigenvalue weighted by molar-refractivity contribution is 5.91. The molecule has 0 aromatic heterocycles. The summed E-state index contributed by atoms with van der Waals surface area (Å²) in [5.41, 5.74) is 1.95. The molecule has 0 atom stereocenters. The zero-order valence-corrected chi connectivity index (χ0v) is 13.9. The van der Waals surface area contributed by atoms with Gasteiger partial charge in [0.05, 0.1) is 0 Å². The van der Waals surface area contributed by atoms with E-state index in [4.69, 9.17) is 0 Å². The lowest BCUT2D eigenvalue weighted by Crippen LogP contribution is -2.52. The fourth-order valence-electron chi connectivity index (χ4n) is 3.87. The number of anilines is 1. The molecule has 0 saturated carbocycles. The van der Waals surface area contributed by atoms with Gasteiger partial charge in [-0.3, -0.25) is 9.59 Å². The highest BCUT2D eigenvalue weighted by Gasteiger charge is 2.35. The minimum Gasteiger partial charge on any atom is -0.371 e. The standard InChI is InChI=1S/C19H24N2O3/c22-9-1-6-20-7-4-15(5-8-20)18-11-21(12-18)19-3-2-16(13-23)17(10-19)14-24/h2-3,9-10,13-15,18H,1,4-8,11-12H2. The number of piperidine rings is 1. The topological polar surface area (TPSA) is 57.7 Å². The van der Waals surface area contributed by atoms with Crippen LogP contribution in [0.2, 0.25) is 0 Å². The number of carbonyl (C=O) groups excluding carboxylic acids is 3. The molecule has 0 unspecified atom stereocenters. The molecule has 0 radical (unpaired) electrons. The number of aldehydes is 3. The Hall–Kier alpha value is -2.01. The number of hydrogen-bond acceptors (Lipinski definition) is 5. The molecule has 2 aliphatic rings. The molecule has 128 valence electrons. The minimum atomic E-state index is 0.452. The summed E-state index contributed by atoms with van der Waals surface area (Å²) in [5, 5.41) is 0. The van der Waals surface area contributed by atoms with Gasteiger partial charge in [-0.2, -0.15) is 0 Å². The predicted octanol–water partition coefficient (Wildman–Crippen LogP) is 2.05. The van der Waals surface area contributed by atoms with Crippen LogP contribution in [0.25, 0.3) is 0 Å². The Bertz CT molecular complexity index is 603. The first kappa shape index (κ1) is 16.8. The fraction of sp³-hybridized carbons (Fsp3) is 0.526. The minimum absolute atomic E-state index is 0.452. The van der Waals surface area contributed by atoms with E-state index < -0.39 is 0 Å². The summed E-state index contributed by atoms with van der Waals surface area (Å²) in [6, 6.07) is 5.47. The van der Waals surface area contributed by atoms with Crippen molar-refractivity contribution in [2.75, 3.05) is 37.6 Å². The lowest BCUT2D eigenvalue weighted by Gasteiger charge is -2.47. The molecule has 2 saturated heterocycles. The van der Waals surface area contributed by atoms with Crippen molar-refractivity contribution in [3.05, 3.63) is 29.3 Å². The van der Waals surface area contributed by atoms with Gasteiger partial charge in [-0.1, -0.05) is 0 Å². The van der Waals surface area contributed by atoms with Crippen LogP contribution in [0.1, 0.15) is 40.0 Å². The highest BCUT2D eigenvalue weighted by atomic mass is 16.1. The maximum atomic E-state index is 11.1. The molecule has 0 N–H and O–H groups in total. The average molecular weight is 328 g/mol. The Labute approximate surface area is 142 Å². The Morgan fingerprint density at radius 1 is 0.958 bits per heavy atom. The molecule has 0 spiro atoms. The van der Waals surface area contributed by atoms with Gasteiger partial charge in [0.1, 0.15) is 6.29 Å². The van der Waals surface area contributed by atoms with Gasteiger partial charge in [0.25, 0.3) is 0 Å². The molecule has 0 aliphatic carbocycles. The molecule has 0 amide bonds. The average Bonchev–Trinajstić information content (AvgIpc) is 2.59. The van der Waals surface area contributed by atoms with Crippen LogP contribution in [0.3, 0.4) is 0 Å². The maximum Gasteiger partial charge on any atom is 0.150 e. The summed E-state index contributed by atoms with van der Waals surface area (Å²) in [5.74, 6) is 1.47. The molecular weight excluding hydrogens is 304 g/mol. The van der Waals surface area contributed by atoms with Crippen LogP contribution >= 0.6 is 0 Å². The zero-order chi connectivity index (χ0) is 16.9. The summed E-state index contributed by atoms with van der Waals surface area (Å²) in [7, 11) is 0. The monoisotopic (exact) mass is 328 g/mol. The first-order valence-electron chi connectivity index (χ1n) is 8.70. The van der Waals surface area contributed by atoms with Crippen molar-refractivity contribution >= 4 is 24.5 Å². The molecule has 0 bridgehead atoms. The van der Waals surface area contributed by atoms with Crippen molar-refractivity contribution in [1.82, 2.24) is 4.90 Å². The van der Waals surface area contributed by atoms with Gasteiger partial charge in [0.2, 0.25) is 0 Å². The number of carbonyl (C=O) groups is 3. The summed E-state index contributed by atoms with van der Waals surface area (Å²) in [6.07, 6.45) is 5.53. The summed E-state index contributed by atoms with van der Waals surface area (Å²) < 4.78 is 0. The van der Waals surface area contributed by atoms with E-state index >= 15 is 0 Å². The lowest BCUT2D eigenvalue weighted by atomic mass is 9.79. The highest BCUT2D eigenvalue weighted by Crippen LogP contribution is 2.35. The Balaban J connectivity index is 1.50. The van der Waals surface area contributed by atoms with Crippen molar-refractivity contribution in [3.8, 4) is 0 Å². The zero-order valence-electron chi connectivity index (χ0n) is 13.9. The number of benzene rings is 1. The first-order valence-corrected chi connectivity index (χ1v) is 8.70. The van der Waals surface area contributed by atoms with Crippen molar-refractivity contribution < 1.29 is 14.4 Å². The van der Waals surface area contributed by atoms with E-state index in [1.807, 2.05) is 12.1 Å². The number of rotatable bonds is 7. The smallest absolute Gasteiger partial charge is 0.150 e. The molecule has 2 fully saturated rings. The Morgan fingerprint density at radius 2 is 1.67 bits per heavy atom. The molecule has 2 heterocycles. The van der Waals surface area contributed by atoms with Crippen LogP contribution in [0.15, 0.2) is 18.2 Å². The predicted molar refractivity (Wildman–Crippen MR) is 92.8 cm³/mol. The van der Waals surface area contributed by atoms with Gasteiger partial charge in [0.15, 0.2) is 12.6 Å². The van der Waals surface area contributed by atoms with E-state index in [0.29, 0.717) is 23.5 Å². The van der Waals surface area contributed by atoms with Crippen LogP contribution in [0.4, 0.5) is 5.69 Å². The second-order valence-electron chi connectivity index (χ2n) is 6.85. The quantitative estimate of drug-likeness (QED) is 0.717. The molecule has 2 aliphatic heterocycles. The van der Waals surface area contributed by atoms with E-state index in [0.717, 1.165) is 63.2 Å². The second-order valence-corrected chi connectivity index (χ2v) is 6.85. The van der Waals surface area contributed by atoms with Crippen LogP contribution in [0.5, 0.6) is 0 Å². The SMILES string of the molecule is O=CCCN1CCC(C2CN(c3ccc(C=O)c(C=O)c3)C2)CC1. The van der Waals surface area contributed by atoms with E-state index in [1.54, 1.807) is 6.07 Å². The maximum absolute atomic E-state index is 11.1. The molecular formula is C19H24N2O3. The molecule has 5 heteroatoms. The fourth-order valence-corrected chi connectivity index (χ4v) is 3.87. The van der Waals surface area contributed by atoms with Crippen molar-refractivity contribution in [1.29, 1.82) is 0 Å². The lowest BCUT2D eigenvalue weighted by molar-refractivity contribution is -0.108. The van der Waals surface area contributed by atoms with E-state index in [2.05, 4.69) is 9.80 Å². The van der Waals surface area contributed by atoms with Crippen molar-refractivity contribution in [2.24, 2.45) is 11.8 Å². The van der Waals surface area contributed by atoms with Crippen LogP contribution in [-0.2, 0) is 4.79 Å².